The van der Waals surface area contributed by atoms with E-state index < -0.39 is 17.1 Å². The van der Waals surface area contributed by atoms with Crippen LogP contribution in [-0.2, 0) is 12.8 Å². The molecule has 0 spiro atoms. The summed E-state index contributed by atoms with van der Waals surface area (Å²) >= 11 is 1.68. The first kappa shape index (κ1) is 35.6. The highest BCUT2D eigenvalue weighted by Gasteiger charge is 2.57. The molecule has 2 saturated carbocycles. The van der Waals surface area contributed by atoms with Gasteiger partial charge in [0, 0.05) is 34.0 Å². The molecular weight excluding hydrogens is 629 g/mol. The number of aliphatic hydroxyl groups is 2. The first-order valence-electron chi connectivity index (χ1n) is 18.5. The van der Waals surface area contributed by atoms with Crippen molar-refractivity contribution in [2.45, 2.75) is 115 Å². The van der Waals surface area contributed by atoms with Crippen LogP contribution in [0.15, 0.2) is 77.7 Å². The summed E-state index contributed by atoms with van der Waals surface area (Å²) in [6, 6.07) is 19.7. The van der Waals surface area contributed by atoms with Gasteiger partial charge in [0.15, 0.2) is 5.78 Å². The second kappa shape index (κ2) is 15.7. The Labute approximate surface area is 296 Å². The van der Waals surface area contributed by atoms with Crippen molar-refractivity contribution in [3.8, 4) is 0 Å². The predicted octanol–water partition coefficient (Wildman–Crippen LogP) is 9.33. The van der Waals surface area contributed by atoms with Crippen LogP contribution in [0.2, 0.25) is 0 Å². The van der Waals surface area contributed by atoms with Gasteiger partial charge >= 0.3 is 6.03 Å². The summed E-state index contributed by atoms with van der Waals surface area (Å²) in [7, 11) is 0. The minimum atomic E-state index is -1.17. The van der Waals surface area contributed by atoms with Crippen molar-refractivity contribution in [3.63, 3.8) is 0 Å². The highest BCUT2D eigenvalue weighted by Crippen LogP contribution is 2.59. The number of Topliss-reactive ketones (excluding diaryl/α,β-unsaturated/α-hetero) is 1. The van der Waals surface area contributed by atoms with E-state index >= 15 is 0 Å². The molecule has 2 bridgehead atoms. The van der Waals surface area contributed by atoms with Gasteiger partial charge in [-0.15, -0.1) is 11.3 Å². The molecule has 3 N–H and O–H groups in total. The van der Waals surface area contributed by atoms with E-state index in [9.17, 15) is 19.8 Å². The van der Waals surface area contributed by atoms with E-state index in [4.69, 9.17) is 0 Å². The number of aliphatic hydroxyl groups excluding tert-OH is 1. The lowest BCUT2D eigenvalue weighted by atomic mass is 9.64. The summed E-state index contributed by atoms with van der Waals surface area (Å²) < 4.78 is 0. The highest BCUT2D eigenvalue weighted by atomic mass is 32.1. The molecule has 2 aromatic carbocycles. The molecule has 49 heavy (non-hydrogen) atoms. The number of amides is 2. The molecule has 262 valence electrons. The van der Waals surface area contributed by atoms with Crippen LogP contribution >= 0.6 is 11.3 Å². The van der Waals surface area contributed by atoms with Crippen molar-refractivity contribution >= 4 is 28.8 Å². The normalized spacial score (nSPS) is 26.4. The molecule has 0 aliphatic heterocycles. The van der Waals surface area contributed by atoms with Crippen molar-refractivity contribution < 1.29 is 19.8 Å². The van der Waals surface area contributed by atoms with Crippen LogP contribution in [0.3, 0.4) is 0 Å². The third kappa shape index (κ3) is 8.22. The van der Waals surface area contributed by atoms with Crippen molar-refractivity contribution in [1.82, 2.24) is 4.90 Å². The fourth-order valence-electron chi connectivity index (χ4n) is 8.79. The fraction of sp³-hybridized carbons (Fsp3) is 0.524. The van der Waals surface area contributed by atoms with Gasteiger partial charge in [0.05, 0.1) is 18.2 Å². The number of nitrogens with zero attached hydrogens (tertiary/aromatic N) is 1. The third-order valence-electron chi connectivity index (χ3n) is 11.9. The number of allylic oxidation sites excluding steroid dienone is 2. The van der Waals surface area contributed by atoms with E-state index in [1.54, 1.807) is 11.3 Å². The number of hydrogen-bond donors (Lipinski definition) is 3. The molecule has 4 atom stereocenters. The van der Waals surface area contributed by atoms with Crippen LogP contribution in [0.1, 0.15) is 117 Å². The average molecular weight is 683 g/mol. The largest absolute Gasteiger partial charge is 0.393 e. The number of para-hydroxylation sites is 1. The number of ketones is 1. The number of urea groups is 1. The molecule has 3 aromatic rings. The Hall–Kier alpha value is -3.26. The molecule has 0 saturated heterocycles. The monoisotopic (exact) mass is 682 g/mol. The number of nitrogens with one attached hydrogen (secondary N) is 1. The molecule has 1 heterocycles. The minimum absolute atomic E-state index is 0.0260. The molecule has 0 unspecified atom stereocenters. The Balaban J connectivity index is 1.37. The van der Waals surface area contributed by atoms with Crippen molar-refractivity contribution in [2.24, 2.45) is 11.3 Å². The quantitative estimate of drug-likeness (QED) is 0.163. The van der Waals surface area contributed by atoms with Gasteiger partial charge in [0.25, 0.3) is 0 Å². The van der Waals surface area contributed by atoms with E-state index in [-0.39, 0.29) is 30.2 Å². The van der Waals surface area contributed by atoms with Crippen molar-refractivity contribution in [2.75, 3.05) is 18.4 Å². The van der Waals surface area contributed by atoms with Crippen LogP contribution in [0.4, 0.5) is 10.5 Å². The van der Waals surface area contributed by atoms with Gasteiger partial charge in [-0.2, -0.15) is 0 Å². The van der Waals surface area contributed by atoms with Crippen LogP contribution in [0, 0.1) is 11.3 Å². The zero-order valence-corrected chi connectivity index (χ0v) is 30.1. The van der Waals surface area contributed by atoms with Crippen LogP contribution < -0.4 is 5.32 Å². The average Bonchev–Trinajstić information content (AvgIpc) is 3.72. The maximum absolute atomic E-state index is 14.4. The molecule has 2 fully saturated rings. The van der Waals surface area contributed by atoms with Gasteiger partial charge < -0.3 is 20.4 Å². The van der Waals surface area contributed by atoms with Crippen molar-refractivity contribution in [3.05, 3.63) is 99.3 Å². The van der Waals surface area contributed by atoms with Gasteiger partial charge in [-0.25, -0.2) is 4.79 Å². The predicted molar refractivity (Wildman–Crippen MR) is 199 cm³/mol. The molecule has 4 aliphatic rings. The minimum Gasteiger partial charge on any atom is -0.393 e. The lowest BCUT2D eigenvalue weighted by Gasteiger charge is -2.46. The number of hydrogen-bond acceptors (Lipinski definition) is 5. The molecule has 7 heteroatoms. The maximum atomic E-state index is 14.4. The van der Waals surface area contributed by atoms with E-state index in [0.29, 0.717) is 32.2 Å². The molecule has 4 aliphatic carbocycles. The lowest BCUT2D eigenvalue weighted by molar-refractivity contribution is -0.0762. The zero-order valence-electron chi connectivity index (χ0n) is 29.3. The zero-order chi connectivity index (χ0) is 34.4. The summed E-state index contributed by atoms with van der Waals surface area (Å²) in [6.07, 6.45) is 12.5. The van der Waals surface area contributed by atoms with Gasteiger partial charge in [-0.3, -0.25) is 4.79 Å². The third-order valence-corrected chi connectivity index (χ3v) is 12.8. The second-order valence-corrected chi connectivity index (χ2v) is 16.2. The van der Waals surface area contributed by atoms with Gasteiger partial charge in [-0.05, 0) is 118 Å². The van der Waals surface area contributed by atoms with Gasteiger partial charge in [-0.1, -0.05) is 74.2 Å². The molecule has 2 amide bonds. The summed E-state index contributed by atoms with van der Waals surface area (Å²) in [5.41, 5.74) is 3.04. The maximum Gasteiger partial charge on any atom is 0.321 e. The standard InChI is InChI=1S/C42H54N2O4S/c1-30-11-9-23-41(2)38(36-20-18-31(27-34(45)19-17-30)28-37(36)39(46)32-12-5-3-6-13-32)21-24-42(41,48)29-44(25-22-35-16-10-26-49-35)40(47)43-33-14-7-4-8-15-33/h4,7-8,10-11,14-16,18,20,26,28,32,34,38,45,48H,3,5-6,9,12-13,17,19,21-25,27,29H2,1-2H3,(H,43,47)/t34-,38-,41-,42+/m0/s1. The number of fused-ring (bicyclic) bond motifs is 8. The Bertz CT molecular complexity index is 1600. The summed E-state index contributed by atoms with van der Waals surface area (Å²) in [5, 5.41) is 29.1. The number of anilines is 1. The second-order valence-electron chi connectivity index (χ2n) is 15.2. The van der Waals surface area contributed by atoms with E-state index in [1.165, 1.54) is 16.9 Å². The Morgan fingerprint density at radius 3 is 2.53 bits per heavy atom. The molecule has 7 rings (SSSR count). The molecule has 6 nitrogen and oxygen atoms in total. The van der Waals surface area contributed by atoms with Crippen molar-refractivity contribution in [1.29, 1.82) is 0 Å². The smallest absolute Gasteiger partial charge is 0.321 e. The number of thiophene rings is 1. The molecule has 0 radical (unpaired) electrons. The number of carbonyl (C=O) groups is 2. The van der Waals surface area contributed by atoms with E-state index in [0.717, 1.165) is 73.7 Å². The van der Waals surface area contributed by atoms with Gasteiger partial charge in [0.2, 0.25) is 0 Å². The van der Waals surface area contributed by atoms with Crippen LogP contribution in [0.25, 0.3) is 0 Å². The Morgan fingerprint density at radius 2 is 1.78 bits per heavy atom. The van der Waals surface area contributed by atoms with E-state index in [2.05, 4.69) is 54.9 Å². The topological polar surface area (TPSA) is 89.9 Å². The number of benzene rings is 2. The highest BCUT2D eigenvalue weighted by molar-refractivity contribution is 7.09. The first-order valence-corrected chi connectivity index (χ1v) is 19.4. The summed E-state index contributed by atoms with van der Waals surface area (Å²) in [6.45, 7) is 5.04. The van der Waals surface area contributed by atoms with Crippen LogP contribution in [0.5, 0.6) is 0 Å². The fourth-order valence-corrected chi connectivity index (χ4v) is 9.49. The van der Waals surface area contributed by atoms with Crippen LogP contribution in [-0.4, -0.2) is 51.7 Å². The van der Waals surface area contributed by atoms with E-state index in [1.807, 2.05) is 41.3 Å². The SMILES string of the molecule is CC1=CCC[C@@]2(C)[C@@H](CC[C@@]2(O)CN(CCc2cccs2)C(=O)Nc2ccccc2)c2ccc(cc2C(=O)C2CCCCC2)C[C@@H](O)CC1. The Kier molecular flexibility index (Phi) is 11.4. The number of rotatable bonds is 8. The first-order chi connectivity index (χ1) is 23.6. The van der Waals surface area contributed by atoms with Gasteiger partial charge in [0.1, 0.15) is 0 Å². The summed E-state index contributed by atoms with van der Waals surface area (Å²) in [4.78, 5) is 31.3. The number of carbonyl (C=O) groups excluding carboxylic acids is 2. The molecule has 1 aromatic heterocycles. The Morgan fingerprint density at radius 1 is 0.980 bits per heavy atom. The summed E-state index contributed by atoms with van der Waals surface area (Å²) in [5.74, 6) is 0.205. The lowest BCUT2D eigenvalue weighted by Crippen LogP contribution is -2.54. The molecular formula is C42H54N2O4S.